The molecule has 0 radical (unpaired) electrons. The minimum atomic E-state index is 0.00884. The molecule has 0 saturated heterocycles. The van der Waals surface area contributed by atoms with Gasteiger partial charge in [0.05, 0.1) is 10.9 Å². The molecule has 1 aromatic carbocycles. The van der Waals surface area contributed by atoms with E-state index in [2.05, 4.69) is 0 Å². The van der Waals surface area contributed by atoms with Crippen molar-refractivity contribution in [3.63, 3.8) is 0 Å². The first kappa shape index (κ1) is 14.6. The highest BCUT2D eigenvalue weighted by molar-refractivity contribution is 7.99. The zero-order chi connectivity index (χ0) is 14.7. The molecule has 4 nitrogen and oxygen atoms in total. The monoisotopic (exact) mass is 304 g/mol. The zero-order valence-electron chi connectivity index (χ0n) is 12.0. The molecule has 21 heavy (non-hydrogen) atoms. The molecule has 0 unspecified atom stereocenters. The number of fused-ring (bicyclic) bond motifs is 1. The van der Waals surface area contributed by atoms with Crippen LogP contribution in [0.15, 0.2) is 34.2 Å². The maximum Gasteiger partial charge on any atom is 0.262 e. The molecule has 112 valence electrons. The summed E-state index contributed by atoms with van der Waals surface area (Å²) in [5.41, 5.74) is 0.776. The van der Waals surface area contributed by atoms with Crippen LogP contribution in [-0.2, 0) is 6.54 Å². The lowest BCUT2D eigenvalue weighted by Gasteiger charge is -2.15. The Balaban J connectivity index is 2.03. The molecule has 1 N–H and O–H groups in total. The average Bonchev–Trinajstić information content (AvgIpc) is 3.00. The minimum Gasteiger partial charge on any atom is -0.396 e. The highest BCUT2D eigenvalue weighted by Gasteiger charge is 2.20. The van der Waals surface area contributed by atoms with Crippen molar-refractivity contribution in [2.24, 2.45) is 0 Å². The van der Waals surface area contributed by atoms with Crippen molar-refractivity contribution in [1.82, 2.24) is 9.55 Å². The van der Waals surface area contributed by atoms with Crippen LogP contribution in [0.25, 0.3) is 10.9 Å². The van der Waals surface area contributed by atoms with E-state index >= 15 is 0 Å². The fraction of sp³-hybridized carbons (Fsp3) is 0.500. The first-order valence-electron chi connectivity index (χ1n) is 7.56. The molecule has 0 atom stereocenters. The molecule has 5 heteroatoms. The Labute approximate surface area is 128 Å². The van der Waals surface area contributed by atoms with Crippen molar-refractivity contribution in [2.45, 2.75) is 49.1 Å². The van der Waals surface area contributed by atoms with Crippen LogP contribution < -0.4 is 5.56 Å². The Morgan fingerprint density at radius 3 is 2.81 bits per heavy atom. The van der Waals surface area contributed by atoms with Crippen molar-refractivity contribution in [3.8, 4) is 0 Å². The summed E-state index contributed by atoms with van der Waals surface area (Å²) >= 11 is 1.73. The maximum atomic E-state index is 12.7. The lowest BCUT2D eigenvalue weighted by Crippen LogP contribution is -2.24. The summed E-state index contributed by atoms with van der Waals surface area (Å²) in [5, 5.41) is 11.1. The van der Waals surface area contributed by atoms with Gasteiger partial charge in [0.15, 0.2) is 5.16 Å². The topological polar surface area (TPSA) is 55.1 Å². The molecule has 1 aromatic heterocycles. The summed E-state index contributed by atoms with van der Waals surface area (Å²) in [7, 11) is 0. The Kier molecular flexibility index (Phi) is 4.60. The SMILES string of the molecule is O=c1c2ccccc2nc(SC2CCCC2)n1CCCO. The van der Waals surface area contributed by atoms with Crippen LogP contribution in [0.3, 0.4) is 0 Å². The molecule has 1 aliphatic carbocycles. The maximum absolute atomic E-state index is 12.7. The summed E-state index contributed by atoms with van der Waals surface area (Å²) < 4.78 is 1.74. The van der Waals surface area contributed by atoms with E-state index in [0.717, 1.165) is 10.7 Å². The quantitative estimate of drug-likeness (QED) is 0.863. The zero-order valence-corrected chi connectivity index (χ0v) is 12.8. The summed E-state index contributed by atoms with van der Waals surface area (Å²) in [6.45, 7) is 0.620. The van der Waals surface area contributed by atoms with Gasteiger partial charge >= 0.3 is 0 Å². The first-order chi connectivity index (χ1) is 10.3. The smallest absolute Gasteiger partial charge is 0.262 e. The number of hydrogen-bond acceptors (Lipinski definition) is 4. The van der Waals surface area contributed by atoms with E-state index in [1.807, 2.05) is 24.3 Å². The van der Waals surface area contributed by atoms with Crippen LogP contribution in [-0.4, -0.2) is 26.5 Å². The van der Waals surface area contributed by atoms with Crippen LogP contribution in [0.4, 0.5) is 0 Å². The second kappa shape index (κ2) is 6.62. The largest absolute Gasteiger partial charge is 0.396 e. The summed E-state index contributed by atoms with van der Waals surface area (Å²) in [4.78, 5) is 17.4. The number of hydrogen-bond donors (Lipinski definition) is 1. The third-order valence-electron chi connectivity index (χ3n) is 3.94. The van der Waals surface area contributed by atoms with E-state index in [4.69, 9.17) is 10.1 Å². The van der Waals surface area contributed by atoms with Gasteiger partial charge in [0, 0.05) is 18.4 Å². The van der Waals surface area contributed by atoms with Gasteiger partial charge in [0.1, 0.15) is 0 Å². The second-order valence-electron chi connectivity index (χ2n) is 5.47. The molecule has 0 spiro atoms. The van der Waals surface area contributed by atoms with E-state index in [-0.39, 0.29) is 12.2 Å². The third-order valence-corrected chi connectivity index (χ3v) is 5.27. The lowest BCUT2D eigenvalue weighted by atomic mass is 10.2. The Hall–Kier alpha value is -1.33. The molecule has 1 saturated carbocycles. The lowest BCUT2D eigenvalue weighted by molar-refractivity contribution is 0.276. The van der Waals surface area contributed by atoms with E-state index in [9.17, 15) is 4.79 Å². The molecule has 0 bridgehead atoms. The van der Waals surface area contributed by atoms with Gasteiger partial charge in [0.25, 0.3) is 5.56 Å². The molecule has 1 aliphatic rings. The first-order valence-corrected chi connectivity index (χ1v) is 8.44. The predicted molar refractivity (Wildman–Crippen MR) is 85.8 cm³/mol. The normalized spacial score (nSPS) is 15.9. The highest BCUT2D eigenvalue weighted by atomic mass is 32.2. The van der Waals surface area contributed by atoms with Crippen LogP contribution in [0.2, 0.25) is 0 Å². The Morgan fingerprint density at radius 1 is 1.29 bits per heavy atom. The third kappa shape index (κ3) is 3.14. The molecule has 0 aliphatic heterocycles. The van der Waals surface area contributed by atoms with E-state index < -0.39 is 0 Å². The molecule has 0 amide bonds. The fourth-order valence-corrected chi connectivity index (χ4v) is 4.14. The summed E-state index contributed by atoms with van der Waals surface area (Å²) in [6.07, 6.45) is 5.52. The summed E-state index contributed by atoms with van der Waals surface area (Å²) in [5.74, 6) is 0. The summed E-state index contributed by atoms with van der Waals surface area (Å²) in [6, 6.07) is 7.50. The van der Waals surface area contributed by atoms with Crippen LogP contribution in [0, 0.1) is 0 Å². The predicted octanol–water partition coefficient (Wildman–Crippen LogP) is 2.81. The van der Waals surface area contributed by atoms with Crippen LogP contribution in [0.5, 0.6) is 0 Å². The van der Waals surface area contributed by atoms with Crippen molar-refractivity contribution in [2.75, 3.05) is 6.61 Å². The molecular weight excluding hydrogens is 284 g/mol. The number of aliphatic hydroxyl groups excluding tert-OH is 1. The van der Waals surface area contributed by atoms with E-state index in [1.54, 1.807) is 16.3 Å². The van der Waals surface area contributed by atoms with E-state index in [1.165, 1.54) is 25.7 Å². The van der Waals surface area contributed by atoms with Crippen LogP contribution in [0.1, 0.15) is 32.1 Å². The fourth-order valence-electron chi connectivity index (χ4n) is 2.82. The molecule has 1 heterocycles. The Bertz CT molecular complexity index is 678. The van der Waals surface area contributed by atoms with Gasteiger partial charge in [-0.2, -0.15) is 0 Å². The number of aliphatic hydroxyl groups is 1. The molecule has 1 fully saturated rings. The van der Waals surface area contributed by atoms with Gasteiger partial charge in [-0.05, 0) is 31.4 Å². The van der Waals surface area contributed by atoms with E-state index in [0.29, 0.717) is 23.6 Å². The van der Waals surface area contributed by atoms with Crippen LogP contribution >= 0.6 is 11.8 Å². The van der Waals surface area contributed by atoms with Crippen molar-refractivity contribution in [3.05, 3.63) is 34.6 Å². The molecular formula is C16H20N2O2S. The van der Waals surface area contributed by atoms with Gasteiger partial charge in [-0.15, -0.1) is 0 Å². The standard InChI is InChI=1S/C16H20N2O2S/c19-11-5-10-18-15(20)13-8-3-4-9-14(13)17-16(18)21-12-6-1-2-7-12/h3-4,8-9,12,19H,1-2,5-7,10-11H2. The number of rotatable bonds is 5. The van der Waals surface area contributed by atoms with Gasteiger partial charge < -0.3 is 5.11 Å². The van der Waals surface area contributed by atoms with Crippen molar-refractivity contribution < 1.29 is 5.11 Å². The average molecular weight is 304 g/mol. The van der Waals surface area contributed by atoms with Gasteiger partial charge in [-0.25, -0.2) is 4.98 Å². The molecule has 3 rings (SSSR count). The minimum absolute atomic E-state index is 0.00884. The number of nitrogens with zero attached hydrogens (tertiary/aromatic N) is 2. The second-order valence-corrected chi connectivity index (χ2v) is 6.74. The Morgan fingerprint density at radius 2 is 2.05 bits per heavy atom. The van der Waals surface area contributed by atoms with Gasteiger partial charge in [-0.3, -0.25) is 9.36 Å². The number of para-hydroxylation sites is 1. The van der Waals surface area contributed by atoms with Gasteiger partial charge in [0.2, 0.25) is 0 Å². The van der Waals surface area contributed by atoms with Gasteiger partial charge in [-0.1, -0.05) is 36.7 Å². The van der Waals surface area contributed by atoms with Crippen molar-refractivity contribution in [1.29, 1.82) is 0 Å². The number of aromatic nitrogens is 2. The van der Waals surface area contributed by atoms with Crippen molar-refractivity contribution >= 4 is 22.7 Å². The number of benzene rings is 1. The highest BCUT2D eigenvalue weighted by Crippen LogP contribution is 2.33. The molecule has 2 aromatic rings. The number of thioether (sulfide) groups is 1.